The first kappa shape index (κ1) is 18.6. The summed E-state index contributed by atoms with van der Waals surface area (Å²) in [5, 5.41) is 0. The number of halogens is 1. The van der Waals surface area contributed by atoms with Crippen LogP contribution in [0.3, 0.4) is 0 Å². The van der Waals surface area contributed by atoms with Crippen molar-refractivity contribution in [3.63, 3.8) is 0 Å². The molecule has 6 nitrogen and oxygen atoms in total. The molecule has 134 valence electrons. The van der Waals surface area contributed by atoms with Gasteiger partial charge in [0, 0.05) is 19.1 Å². The number of carbonyl (C=O) groups is 1. The molecule has 0 radical (unpaired) electrons. The fourth-order valence-corrected chi connectivity index (χ4v) is 5.57. The average Bonchev–Trinajstić information content (AvgIpc) is 2.77. The Kier molecular flexibility index (Phi) is 6.39. The predicted octanol–water partition coefficient (Wildman–Crippen LogP) is -0.00240. The van der Waals surface area contributed by atoms with Gasteiger partial charge in [-0.05, 0) is 39.9 Å². The summed E-state index contributed by atoms with van der Waals surface area (Å²) >= 11 is 0. The molecule has 2 fully saturated rings. The van der Waals surface area contributed by atoms with Gasteiger partial charge in [-0.3, -0.25) is 14.1 Å². The minimum Gasteiger partial charge on any atom is -0.335 e. The Bertz CT molecular complexity index is 512. The Balaban J connectivity index is 2.03. The third kappa shape index (κ3) is 4.87. The zero-order valence-electron chi connectivity index (χ0n) is 14.1. The number of amides is 1. The van der Waals surface area contributed by atoms with Crippen molar-refractivity contribution >= 4 is 15.7 Å². The Hall–Kier alpha value is -0.730. The van der Waals surface area contributed by atoms with E-state index in [1.165, 1.54) is 0 Å². The molecular weight excluding hydrogens is 321 g/mol. The van der Waals surface area contributed by atoms with E-state index < -0.39 is 9.84 Å². The van der Waals surface area contributed by atoms with E-state index in [0.29, 0.717) is 26.1 Å². The molecule has 1 amide bonds. The number of hydrogen-bond donors (Lipinski definition) is 0. The summed E-state index contributed by atoms with van der Waals surface area (Å²) in [7, 11) is 0.569. The SMILES string of the molecule is CN(C)CC(=O)N1CCN(CCCCCF)[C@@H]2CS(=O)(=O)C[C@@H]21. The number of piperazine rings is 1. The minimum absolute atomic E-state index is 0.000760. The van der Waals surface area contributed by atoms with Gasteiger partial charge >= 0.3 is 0 Å². The van der Waals surface area contributed by atoms with Crippen LogP contribution in [0.5, 0.6) is 0 Å². The van der Waals surface area contributed by atoms with Crippen molar-refractivity contribution in [1.82, 2.24) is 14.7 Å². The summed E-state index contributed by atoms with van der Waals surface area (Å²) in [6, 6.07) is -0.340. The first-order chi connectivity index (χ1) is 10.8. The van der Waals surface area contributed by atoms with E-state index in [-0.39, 0.29) is 36.2 Å². The van der Waals surface area contributed by atoms with Crippen molar-refractivity contribution in [2.75, 3.05) is 58.5 Å². The molecule has 2 atom stereocenters. The zero-order chi connectivity index (χ0) is 17.0. The van der Waals surface area contributed by atoms with Gasteiger partial charge in [-0.15, -0.1) is 0 Å². The molecule has 2 saturated heterocycles. The maximum absolute atomic E-state index is 12.4. The molecule has 2 aliphatic heterocycles. The number of rotatable bonds is 7. The van der Waals surface area contributed by atoms with Crippen LogP contribution in [0.25, 0.3) is 0 Å². The molecule has 2 rings (SSSR count). The van der Waals surface area contributed by atoms with Gasteiger partial charge in [0.15, 0.2) is 9.84 Å². The average molecular weight is 349 g/mol. The quantitative estimate of drug-likeness (QED) is 0.606. The fourth-order valence-electron chi connectivity index (χ4n) is 3.56. The van der Waals surface area contributed by atoms with Crippen LogP contribution in [-0.4, -0.2) is 99.6 Å². The lowest BCUT2D eigenvalue weighted by atomic mass is 10.0. The summed E-state index contributed by atoms with van der Waals surface area (Å²) < 4.78 is 36.3. The van der Waals surface area contributed by atoms with E-state index >= 15 is 0 Å². The third-order valence-electron chi connectivity index (χ3n) is 4.64. The molecule has 2 heterocycles. The Labute approximate surface area is 138 Å². The second-order valence-corrected chi connectivity index (χ2v) is 8.98. The van der Waals surface area contributed by atoms with Crippen LogP contribution in [0.15, 0.2) is 0 Å². The number of unbranched alkanes of at least 4 members (excludes halogenated alkanes) is 2. The molecule has 0 saturated carbocycles. The van der Waals surface area contributed by atoms with E-state index in [2.05, 4.69) is 4.90 Å². The summed E-state index contributed by atoms with van der Waals surface area (Å²) in [6.07, 6.45) is 2.26. The van der Waals surface area contributed by atoms with Crippen LogP contribution in [0.2, 0.25) is 0 Å². The lowest BCUT2D eigenvalue weighted by Gasteiger charge is -2.44. The normalized spacial score (nSPS) is 27.4. The first-order valence-electron chi connectivity index (χ1n) is 8.28. The number of carbonyl (C=O) groups excluding carboxylic acids is 1. The van der Waals surface area contributed by atoms with Crippen molar-refractivity contribution in [3.05, 3.63) is 0 Å². The molecule has 0 N–H and O–H groups in total. The molecule has 0 spiro atoms. The summed E-state index contributed by atoms with van der Waals surface area (Å²) in [5.74, 6) is 0.198. The Morgan fingerprint density at radius 3 is 2.48 bits per heavy atom. The highest BCUT2D eigenvalue weighted by molar-refractivity contribution is 7.91. The molecule has 23 heavy (non-hydrogen) atoms. The van der Waals surface area contributed by atoms with Crippen molar-refractivity contribution in [2.45, 2.75) is 31.3 Å². The van der Waals surface area contributed by atoms with Crippen LogP contribution >= 0.6 is 0 Å². The van der Waals surface area contributed by atoms with E-state index in [1.54, 1.807) is 4.90 Å². The smallest absolute Gasteiger partial charge is 0.237 e. The van der Waals surface area contributed by atoms with Gasteiger partial charge < -0.3 is 9.80 Å². The number of hydrogen-bond acceptors (Lipinski definition) is 5. The predicted molar refractivity (Wildman–Crippen MR) is 87.9 cm³/mol. The molecule has 0 aliphatic carbocycles. The van der Waals surface area contributed by atoms with Gasteiger partial charge in [0.25, 0.3) is 0 Å². The van der Waals surface area contributed by atoms with Crippen molar-refractivity contribution in [1.29, 1.82) is 0 Å². The first-order valence-corrected chi connectivity index (χ1v) is 10.1. The largest absolute Gasteiger partial charge is 0.335 e. The second-order valence-electron chi connectivity index (χ2n) is 6.82. The summed E-state index contributed by atoms with van der Waals surface area (Å²) in [5.41, 5.74) is 0. The van der Waals surface area contributed by atoms with Gasteiger partial charge in [0.1, 0.15) is 0 Å². The summed E-state index contributed by atoms with van der Waals surface area (Å²) in [6.45, 7) is 2.07. The highest BCUT2D eigenvalue weighted by Crippen LogP contribution is 2.27. The topological polar surface area (TPSA) is 60.9 Å². The molecule has 8 heteroatoms. The summed E-state index contributed by atoms with van der Waals surface area (Å²) in [4.78, 5) is 18.2. The lowest BCUT2D eigenvalue weighted by molar-refractivity contribution is -0.137. The molecule has 0 bridgehead atoms. The molecule has 0 aromatic carbocycles. The second kappa shape index (κ2) is 7.90. The molecular formula is C15H28FN3O3S. The van der Waals surface area contributed by atoms with E-state index in [1.807, 2.05) is 19.0 Å². The lowest BCUT2D eigenvalue weighted by Crippen LogP contribution is -2.61. The van der Waals surface area contributed by atoms with Gasteiger partial charge in [-0.2, -0.15) is 0 Å². The highest BCUT2D eigenvalue weighted by atomic mass is 32.2. The molecule has 0 aromatic rings. The molecule has 0 unspecified atom stereocenters. The van der Waals surface area contributed by atoms with Crippen molar-refractivity contribution < 1.29 is 17.6 Å². The third-order valence-corrected chi connectivity index (χ3v) is 6.34. The monoisotopic (exact) mass is 349 g/mol. The van der Waals surface area contributed by atoms with Gasteiger partial charge in [-0.1, -0.05) is 0 Å². The van der Waals surface area contributed by atoms with Crippen LogP contribution in [-0.2, 0) is 14.6 Å². The van der Waals surface area contributed by atoms with Crippen LogP contribution < -0.4 is 0 Å². The van der Waals surface area contributed by atoms with Crippen molar-refractivity contribution in [3.8, 4) is 0 Å². The fraction of sp³-hybridized carbons (Fsp3) is 0.933. The number of likely N-dealkylation sites (N-methyl/N-ethyl adjacent to an activating group) is 1. The number of sulfone groups is 1. The molecule has 0 aromatic heterocycles. The van der Waals surface area contributed by atoms with Crippen LogP contribution in [0.1, 0.15) is 19.3 Å². The maximum Gasteiger partial charge on any atom is 0.237 e. The maximum atomic E-state index is 12.4. The Morgan fingerprint density at radius 1 is 1.13 bits per heavy atom. The minimum atomic E-state index is -3.10. The number of fused-ring (bicyclic) bond motifs is 1. The Morgan fingerprint density at radius 2 is 1.83 bits per heavy atom. The van der Waals surface area contributed by atoms with E-state index in [9.17, 15) is 17.6 Å². The van der Waals surface area contributed by atoms with Gasteiger partial charge in [0.2, 0.25) is 5.91 Å². The standard InChI is InChI=1S/C15H28FN3O3S/c1-17(2)10-15(20)19-9-8-18(7-5-3-4-6-16)13-11-23(21,22)12-14(13)19/h13-14H,3-12H2,1-2H3/t13-,14+/m1/s1. The van der Waals surface area contributed by atoms with E-state index in [0.717, 1.165) is 19.4 Å². The van der Waals surface area contributed by atoms with Gasteiger partial charge in [0.05, 0.1) is 30.8 Å². The number of nitrogens with zero attached hydrogens (tertiary/aromatic N) is 3. The van der Waals surface area contributed by atoms with Crippen molar-refractivity contribution in [2.24, 2.45) is 0 Å². The van der Waals surface area contributed by atoms with Crippen LogP contribution in [0, 0.1) is 0 Å². The van der Waals surface area contributed by atoms with Gasteiger partial charge in [-0.25, -0.2) is 8.42 Å². The van der Waals surface area contributed by atoms with Crippen LogP contribution in [0.4, 0.5) is 4.39 Å². The molecule has 2 aliphatic rings. The highest BCUT2D eigenvalue weighted by Gasteiger charge is 2.47. The number of alkyl halides is 1. The zero-order valence-corrected chi connectivity index (χ0v) is 14.9. The van der Waals surface area contributed by atoms with E-state index in [4.69, 9.17) is 0 Å².